The number of amides is 2. The van der Waals surface area contributed by atoms with E-state index in [0.717, 1.165) is 33.6 Å². The van der Waals surface area contributed by atoms with Crippen LogP contribution in [0.4, 0.5) is 4.79 Å². The van der Waals surface area contributed by atoms with E-state index < -0.39 is 35.7 Å². The second kappa shape index (κ2) is 16.8. The van der Waals surface area contributed by atoms with E-state index in [-0.39, 0.29) is 44.5 Å². The highest BCUT2D eigenvalue weighted by atomic mass is 16.6. The van der Waals surface area contributed by atoms with Gasteiger partial charge in [-0.1, -0.05) is 44.0 Å². The zero-order chi connectivity index (χ0) is 40.4. The fraction of sp³-hybridized carbons (Fsp3) is 0.512. The summed E-state index contributed by atoms with van der Waals surface area (Å²) >= 11 is 0. The number of hydrogen-bond acceptors (Lipinski definition) is 10. The number of carbonyl (C=O) groups excluding carboxylic acids is 2. The first-order valence-corrected chi connectivity index (χ1v) is 18.9. The first-order chi connectivity index (χ1) is 26.1. The number of methoxy groups -OCH3 is 1. The normalized spacial score (nSPS) is 22.0. The Morgan fingerprint density at radius 3 is 2.15 bits per heavy atom. The number of piperazine rings is 1. The molecule has 296 valence electrons. The number of alkyl carbamates (subject to hydrolysis) is 1. The Morgan fingerprint density at radius 2 is 1.56 bits per heavy atom. The van der Waals surface area contributed by atoms with Crippen molar-refractivity contribution in [1.82, 2.24) is 20.4 Å². The van der Waals surface area contributed by atoms with Gasteiger partial charge >= 0.3 is 6.09 Å². The molecule has 5 rings (SSSR count). The van der Waals surface area contributed by atoms with Gasteiger partial charge in [0.2, 0.25) is 5.91 Å². The predicted octanol–water partition coefficient (Wildman–Crippen LogP) is 6.12. The molecule has 12 nitrogen and oxygen atoms in total. The van der Waals surface area contributed by atoms with E-state index in [4.69, 9.17) is 23.7 Å². The Labute approximate surface area is 326 Å². The maximum absolute atomic E-state index is 13.8. The number of aryl methyl sites for hydroxylation is 1. The molecule has 3 aliphatic rings. The van der Waals surface area contributed by atoms with E-state index in [1.807, 2.05) is 6.92 Å². The summed E-state index contributed by atoms with van der Waals surface area (Å²) in [6, 6.07) is 2.31. The summed E-state index contributed by atoms with van der Waals surface area (Å²) in [6.07, 6.45) is 5.50. The number of nitrogens with one attached hydrogen (secondary N) is 2. The number of ether oxygens (including phenoxy) is 5. The molecule has 3 aliphatic heterocycles. The van der Waals surface area contributed by atoms with Gasteiger partial charge in [-0.2, -0.15) is 5.26 Å². The summed E-state index contributed by atoms with van der Waals surface area (Å²) in [5.41, 5.74) is 6.21. The van der Waals surface area contributed by atoms with Gasteiger partial charge in [0, 0.05) is 35.3 Å². The molecule has 2 aromatic rings. The second-order valence-corrected chi connectivity index (χ2v) is 15.5. The van der Waals surface area contributed by atoms with Crippen molar-refractivity contribution in [3.05, 3.63) is 83.0 Å². The molecule has 6 atom stereocenters. The van der Waals surface area contributed by atoms with Gasteiger partial charge in [0.1, 0.15) is 49.0 Å². The number of hydrogen-bond donors (Lipinski definition) is 2. The number of carbonyl (C=O) groups is 2. The molecule has 1 saturated heterocycles. The van der Waals surface area contributed by atoms with Crippen LogP contribution in [0.25, 0.3) is 0 Å². The van der Waals surface area contributed by atoms with Gasteiger partial charge < -0.3 is 34.3 Å². The van der Waals surface area contributed by atoms with Crippen LogP contribution in [-0.2, 0) is 22.4 Å². The van der Waals surface area contributed by atoms with Crippen molar-refractivity contribution in [2.45, 2.75) is 103 Å². The van der Waals surface area contributed by atoms with Crippen LogP contribution in [0.1, 0.15) is 78.7 Å². The standard InChI is InChI=1S/C43H57N5O7/c1-13-16-52-38-26(6)39(53-17-14-2)40(54-18-15-3)35-29(38)21-31-36-34-25(5)37(51-12)24(4)19-28(34)20-30(47(36)11)32(22-44)48(31)33(35)23-45-41(49)27(7)46-42(50)55-43(8,9)10/h13-15,19,27,30-33,36H,1-3,16-18,20-21,23H2,4-12H3,(H,45,49)(H,46,50)/t27-,30?,31-,32-,33-,36-/m0/s1. The van der Waals surface area contributed by atoms with Gasteiger partial charge in [-0.25, -0.2) is 4.79 Å². The molecular formula is C43H57N5O7. The van der Waals surface area contributed by atoms with Crippen LogP contribution in [0, 0.1) is 32.1 Å². The zero-order valence-electron chi connectivity index (χ0n) is 33.8. The lowest BCUT2D eigenvalue weighted by Crippen LogP contribution is -2.69. The van der Waals surface area contributed by atoms with Gasteiger partial charge in [-0.05, 0) is 90.6 Å². The van der Waals surface area contributed by atoms with Crippen molar-refractivity contribution in [3.8, 4) is 29.1 Å². The Kier molecular flexibility index (Phi) is 12.6. The Hall–Kier alpha value is -4.99. The number of benzene rings is 2. The number of nitriles is 1. The van der Waals surface area contributed by atoms with Gasteiger partial charge in [-0.15, -0.1) is 0 Å². The molecule has 2 aromatic carbocycles. The lowest BCUT2D eigenvalue weighted by Gasteiger charge is -2.60. The summed E-state index contributed by atoms with van der Waals surface area (Å²) in [7, 11) is 3.81. The molecule has 0 aliphatic carbocycles. The average molecular weight is 756 g/mol. The summed E-state index contributed by atoms with van der Waals surface area (Å²) in [5, 5.41) is 16.9. The van der Waals surface area contributed by atoms with E-state index in [9.17, 15) is 14.9 Å². The highest BCUT2D eigenvalue weighted by Gasteiger charge is 2.56. The molecule has 3 heterocycles. The highest BCUT2D eigenvalue weighted by Crippen LogP contribution is 2.56. The Morgan fingerprint density at radius 1 is 0.945 bits per heavy atom. The van der Waals surface area contributed by atoms with Crippen molar-refractivity contribution in [1.29, 1.82) is 5.26 Å². The molecule has 55 heavy (non-hydrogen) atoms. The molecular weight excluding hydrogens is 699 g/mol. The van der Waals surface area contributed by atoms with E-state index in [1.54, 1.807) is 53.0 Å². The van der Waals surface area contributed by atoms with Crippen molar-refractivity contribution >= 4 is 12.0 Å². The number of nitrogens with zero attached hydrogens (tertiary/aromatic N) is 3. The molecule has 0 radical (unpaired) electrons. The summed E-state index contributed by atoms with van der Waals surface area (Å²) in [5.74, 6) is 2.06. The van der Waals surface area contributed by atoms with Gasteiger partial charge in [0.05, 0.1) is 25.3 Å². The number of likely N-dealkylation sites (N-methyl/N-ethyl adjacent to an activating group) is 1. The van der Waals surface area contributed by atoms with Crippen LogP contribution < -0.4 is 29.6 Å². The molecule has 1 unspecified atom stereocenters. The van der Waals surface area contributed by atoms with E-state index >= 15 is 0 Å². The number of fused-ring (bicyclic) bond motifs is 7. The first kappa shape index (κ1) is 41.2. The lowest BCUT2D eigenvalue weighted by atomic mass is 9.71. The Bertz CT molecular complexity index is 1880. The van der Waals surface area contributed by atoms with Crippen LogP contribution in [0.5, 0.6) is 23.0 Å². The third kappa shape index (κ3) is 7.91. The van der Waals surface area contributed by atoms with Crippen LogP contribution in [0.2, 0.25) is 0 Å². The average Bonchev–Trinajstić information content (AvgIpc) is 3.11. The van der Waals surface area contributed by atoms with Crippen molar-refractivity contribution in [3.63, 3.8) is 0 Å². The van der Waals surface area contributed by atoms with Crippen molar-refractivity contribution in [2.24, 2.45) is 0 Å². The third-order valence-electron chi connectivity index (χ3n) is 10.8. The van der Waals surface area contributed by atoms with Gasteiger partial charge in [0.15, 0.2) is 11.5 Å². The van der Waals surface area contributed by atoms with Crippen LogP contribution in [0.15, 0.2) is 44.0 Å². The summed E-state index contributed by atoms with van der Waals surface area (Å²) in [6.45, 7) is 25.4. The van der Waals surface area contributed by atoms with Crippen molar-refractivity contribution in [2.75, 3.05) is 40.5 Å². The molecule has 1 fully saturated rings. The van der Waals surface area contributed by atoms with Gasteiger partial charge in [0.25, 0.3) is 0 Å². The van der Waals surface area contributed by atoms with Crippen LogP contribution >= 0.6 is 0 Å². The zero-order valence-corrected chi connectivity index (χ0v) is 33.8. The summed E-state index contributed by atoms with van der Waals surface area (Å²) in [4.78, 5) is 31.0. The molecule has 2 N–H and O–H groups in total. The minimum Gasteiger partial charge on any atom is -0.496 e. The van der Waals surface area contributed by atoms with E-state index in [0.29, 0.717) is 30.1 Å². The molecule has 0 saturated carbocycles. The molecule has 2 bridgehead atoms. The number of rotatable bonds is 14. The molecule has 2 amide bonds. The third-order valence-corrected chi connectivity index (χ3v) is 10.8. The molecule has 0 spiro atoms. The minimum absolute atomic E-state index is 0.0857. The fourth-order valence-electron chi connectivity index (χ4n) is 8.74. The van der Waals surface area contributed by atoms with E-state index in [2.05, 4.69) is 73.2 Å². The Balaban J connectivity index is 1.74. The maximum Gasteiger partial charge on any atom is 0.408 e. The lowest BCUT2D eigenvalue weighted by molar-refractivity contribution is -0.123. The van der Waals surface area contributed by atoms with Crippen LogP contribution in [0.3, 0.4) is 0 Å². The second-order valence-electron chi connectivity index (χ2n) is 15.5. The monoisotopic (exact) mass is 755 g/mol. The molecule has 12 heteroatoms. The predicted molar refractivity (Wildman–Crippen MR) is 212 cm³/mol. The minimum atomic E-state index is -0.912. The maximum atomic E-state index is 13.8. The first-order valence-electron chi connectivity index (χ1n) is 18.9. The SMILES string of the molecule is C=CCOc1c(C)c(OCC=C)c(OCC=C)c2c1C[C@H]1[C@H]3c4c(cc(C)c(OC)c4C)CC([C@H](C#N)N1[C@H]2CNC(=O)[C@H](C)NC(=O)OC(C)(C)C)N3C. The highest BCUT2D eigenvalue weighted by molar-refractivity contribution is 5.85. The largest absolute Gasteiger partial charge is 0.496 e. The smallest absolute Gasteiger partial charge is 0.408 e. The fourth-order valence-corrected chi connectivity index (χ4v) is 8.74. The quantitative estimate of drug-likeness (QED) is 0.218. The molecule has 0 aromatic heterocycles. The summed E-state index contributed by atoms with van der Waals surface area (Å²) < 4.78 is 30.7. The van der Waals surface area contributed by atoms with Gasteiger partial charge in [-0.3, -0.25) is 14.6 Å². The topological polar surface area (TPSA) is 135 Å². The van der Waals surface area contributed by atoms with Crippen molar-refractivity contribution < 1.29 is 33.3 Å². The van der Waals surface area contributed by atoms with Crippen LogP contribution in [-0.4, -0.2) is 92.1 Å². The van der Waals surface area contributed by atoms with E-state index in [1.165, 1.54) is 11.1 Å².